The van der Waals surface area contributed by atoms with Gasteiger partial charge >= 0.3 is 17.6 Å². The second-order valence-electron chi connectivity index (χ2n) is 42.9. The minimum Gasteiger partial charge on any atom is -0.457 e. The number of ether oxygens (including phenoxy) is 4. The molecule has 13 aromatic rings. The quantitative estimate of drug-likeness (QED) is 0.0177. The molecule has 2 fully saturated rings. The highest BCUT2D eigenvalue weighted by Crippen LogP contribution is 2.59. The number of rotatable bonds is 30. The summed E-state index contributed by atoms with van der Waals surface area (Å²) in [5, 5.41) is 5.76. The molecule has 2 heterocycles. The van der Waals surface area contributed by atoms with E-state index in [0.29, 0.717) is 93.1 Å². The van der Waals surface area contributed by atoms with E-state index >= 15 is 28.8 Å². The van der Waals surface area contributed by atoms with Crippen LogP contribution in [-0.2, 0) is 70.6 Å². The summed E-state index contributed by atoms with van der Waals surface area (Å²) in [6, 6.07) is 62.4. The normalized spacial score (nSPS) is 17.4. The number of carbonyl (C=O) groups is 6. The highest BCUT2D eigenvalue weighted by Gasteiger charge is 2.52. The first-order valence-electron chi connectivity index (χ1n) is 48.9. The van der Waals surface area contributed by atoms with Crippen LogP contribution in [-0.4, -0.2) is 152 Å². The summed E-state index contributed by atoms with van der Waals surface area (Å²) in [4.78, 5) is 112. The van der Waals surface area contributed by atoms with Crippen LogP contribution < -0.4 is 18.9 Å². The molecule has 0 spiro atoms. The fourth-order valence-corrected chi connectivity index (χ4v) is 26.3. The lowest BCUT2D eigenvalue weighted by Gasteiger charge is -2.44. The van der Waals surface area contributed by atoms with E-state index in [1.807, 2.05) is 219 Å². The van der Waals surface area contributed by atoms with E-state index < -0.39 is 77.2 Å². The first kappa shape index (κ1) is 97.9. The second-order valence-corrected chi connectivity index (χ2v) is 48.9. The SMILES string of the molecule is CO[Si](CC1CCCC(N(C(=O)C(Cc2cccc3ccccc23)N2C(=O)c3cc(Oc4ccc(C(C)(C)C)cc4)c4c5c(Oc6ccc(C(C)(C)C)cc6)cc6c7c(cc(Oc8ccc(C(C)(C)C)cc8)c(c8c(Oc9ccc(C(C)(C)C)cc9)cc(c3c48)C2=O)c75)C(=O)N(C(Cc2cccc3ccccc23)C(=O)N(C(C)C)C2CCCC(C[Si](OC)(OC)OC)C2)C6=O)C(C)C)C1)(OC)OC. The molecule has 2 aliphatic heterocycles. The zero-order valence-corrected chi connectivity index (χ0v) is 86.1. The molecule has 6 amide bonds. The fourth-order valence-electron chi connectivity index (χ4n) is 22.1. The van der Waals surface area contributed by atoms with Crippen molar-refractivity contribution in [1.29, 1.82) is 0 Å². The topological polar surface area (TPSA) is 208 Å². The molecule has 2 saturated carbocycles. The summed E-state index contributed by atoms with van der Waals surface area (Å²) >= 11 is 0. The van der Waals surface area contributed by atoms with Crippen molar-refractivity contribution in [3.63, 3.8) is 0 Å². The van der Waals surface area contributed by atoms with Crippen LogP contribution in [0.4, 0.5) is 0 Å². The van der Waals surface area contributed by atoms with Gasteiger partial charge in [0.1, 0.15) is 58.1 Å². The van der Waals surface area contributed by atoms with Crippen LogP contribution in [0.2, 0.25) is 12.1 Å². The van der Waals surface area contributed by atoms with Crippen molar-refractivity contribution in [2.24, 2.45) is 11.8 Å². The predicted octanol–water partition coefficient (Wildman–Crippen LogP) is 26.2. The first-order valence-corrected chi connectivity index (χ1v) is 52.7. The van der Waals surface area contributed by atoms with Gasteiger partial charge in [-0.3, -0.25) is 38.6 Å². The Hall–Kier alpha value is -11.7. The number of benzene rings is 13. The smallest absolute Gasteiger partial charge is 0.457 e. The largest absolute Gasteiger partial charge is 0.500 e. The highest BCUT2D eigenvalue weighted by atomic mass is 28.4. The Kier molecular flexibility index (Phi) is 27.3. The lowest BCUT2D eigenvalue weighted by Crippen LogP contribution is -2.59. The average molecular weight is 1890 g/mol. The molecule has 0 radical (unpaired) electrons. The molecule has 20 nitrogen and oxygen atoms in total. The molecule has 13 aromatic carbocycles. The predicted molar refractivity (Wildman–Crippen MR) is 551 cm³/mol. The summed E-state index contributed by atoms with van der Waals surface area (Å²) in [6.07, 6.45) is 5.55. The summed E-state index contributed by atoms with van der Waals surface area (Å²) < 4.78 is 67.1. The minimum absolute atomic E-state index is 0.0306. The Labute approximate surface area is 813 Å². The molecule has 720 valence electrons. The van der Waals surface area contributed by atoms with Gasteiger partial charge in [-0.2, -0.15) is 0 Å². The van der Waals surface area contributed by atoms with Gasteiger partial charge in [0.05, 0.1) is 22.3 Å². The van der Waals surface area contributed by atoms with Crippen LogP contribution in [0.5, 0.6) is 46.0 Å². The van der Waals surface area contributed by atoms with Crippen molar-refractivity contribution in [2.45, 2.75) is 245 Å². The lowest BCUT2D eigenvalue weighted by molar-refractivity contribution is -0.141. The maximum atomic E-state index is 17.7. The zero-order chi connectivity index (χ0) is 98.3. The molecule has 2 aliphatic carbocycles. The maximum Gasteiger partial charge on any atom is 0.500 e. The average Bonchev–Trinajstić information content (AvgIpc) is 0.667. The van der Waals surface area contributed by atoms with Crippen molar-refractivity contribution in [3.8, 4) is 46.0 Å². The van der Waals surface area contributed by atoms with Gasteiger partial charge in [-0.05, 0) is 215 Å². The summed E-state index contributed by atoms with van der Waals surface area (Å²) in [6.45, 7) is 33.6. The molecule has 22 heteroatoms. The second kappa shape index (κ2) is 38.5. The molecule has 6 atom stereocenters. The lowest BCUT2D eigenvalue weighted by atomic mass is 9.80. The zero-order valence-electron chi connectivity index (χ0n) is 84.1. The van der Waals surface area contributed by atoms with Gasteiger partial charge in [-0.1, -0.05) is 242 Å². The molecular formula is C116H132N4O16Si2. The fraction of sp³-hybridized carbons (Fsp3) is 0.397. The van der Waals surface area contributed by atoms with Crippen LogP contribution in [0.15, 0.2) is 206 Å². The molecule has 0 bridgehead atoms. The van der Waals surface area contributed by atoms with Gasteiger partial charge in [0.2, 0.25) is 11.8 Å². The Balaban J connectivity index is 0.985. The maximum absolute atomic E-state index is 17.7. The van der Waals surface area contributed by atoms with Crippen molar-refractivity contribution >= 4 is 118 Å². The highest BCUT2D eigenvalue weighted by molar-refractivity contribution is 6.61. The monoisotopic (exact) mass is 1890 g/mol. The summed E-state index contributed by atoms with van der Waals surface area (Å²) in [5.41, 5.74) is 4.46. The molecule has 17 rings (SSSR count). The van der Waals surface area contributed by atoms with E-state index in [1.165, 1.54) is 9.80 Å². The minimum atomic E-state index is -3.14. The van der Waals surface area contributed by atoms with Crippen molar-refractivity contribution in [2.75, 3.05) is 42.7 Å². The number of amides is 6. The third-order valence-electron chi connectivity index (χ3n) is 29.4. The molecule has 138 heavy (non-hydrogen) atoms. The van der Waals surface area contributed by atoms with Gasteiger partial charge in [-0.15, -0.1) is 0 Å². The molecule has 0 N–H and O–H groups in total. The number of imide groups is 2. The number of hydrogen-bond acceptors (Lipinski definition) is 16. The van der Waals surface area contributed by atoms with E-state index in [9.17, 15) is 0 Å². The van der Waals surface area contributed by atoms with Gasteiger partial charge in [-0.25, -0.2) is 0 Å². The molecule has 4 aliphatic rings. The first-order chi connectivity index (χ1) is 65.7. The number of carbonyl (C=O) groups excluding carboxylic acids is 6. The van der Waals surface area contributed by atoms with Gasteiger partial charge in [0.25, 0.3) is 23.6 Å². The van der Waals surface area contributed by atoms with Crippen molar-refractivity contribution in [3.05, 3.63) is 262 Å². The van der Waals surface area contributed by atoms with E-state index in [-0.39, 0.29) is 114 Å². The molecular weight excluding hydrogens is 1760 g/mol. The van der Waals surface area contributed by atoms with E-state index in [4.69, 9.17) is 45.5 Å². The Morgan fingerprint density at radius 1 is 0.341 bits per heavy atom. The van der Waals surface area contributed by atoms with Crippen LogP contribution in [0.25, 0.3) is 64.6 Å². The number of hydrogen-bond donors (Lipinski definition) is 0. The standard InChI is InChI=1S/C116H132N4O16Si2/c1-69(2)117(81-39-27-31-71(59-81)67-137(127-17,128-18)129-19)111(125)93(61-75-37-29-35-73-33-23-25-41-87(73)75)119-107(121)89-63-95(133-83-51-43-77(44-52-83)113(5,6)7)101-103-97(135-85-55-47-79(48-56-85)115(11,12)13)65-91-100-92(110(124)120(109(91)123)94(62-76-38-30-36-74-34-24-26-42-88(74)76)112(126)118(70(3)4)82-40-28-32-72(60-82)68-138(130-20,131-21)132-22)66-98(136-86-57-49-80(50-58-86)116(14,15)16)104(106(100)103)102-96(64-90(108(119)122)99(89)105(101)102)134-84-53-45-78(46-54-84)114(8,9)10/h23-26,29-30,33-38,41-58,63-66,69-72,81-82,93-94H,27-28,31-32,39-40,59-62,67-68H2,1-22H3. The molecule has 0 aromatic heterocycles. The number of nitrogens with zero attached hydrogens (tertiary/aromatic N) is 4. The van der Waals surface area contributed by atoms with Gasteiger partial charge in [0.15, 0.2) is 0 Å². The van der Waals surface area contributed by atoms with E-state index in [2.05, 4.69) is 83.1 Å². The number of fused-ring (bicyclic) bond motifs is 4. The van der Waals surface area contributed by atoms with Gasteiger partial charge in [0, 0.05) is 135 Å². The van der Waals surface area contributed by atoms with Crippen molar-refractivity contribution < 1.29 is 74.3 Å². The van der Waals surface area contributed by atoms with Crippen molar-refractivity contribution in [1.82, 2.24) is 19.6 Å². The third kappa shape index (κ3) is 18.6. The van der Waals surface area contributed by atoms with Crippen LogP contribution in [0.3, 0.4) is 0 Å². The van der Waals surface area contributed by atoms with E-state index in [0.717, 1.165) is 80.6 Å². The molecule has 0 saturated heterocycles. The van der Waals surface area contributed by atoms with Gasteiger partial charge < -0.3 is 55.3 Å². The van der Waals surface area contributed by atoms with Crippen LogP contribution >= 0.6 is 0 Å². The summed E-state index contributed by atoms with van der Waals surface area (Å²) in [5.74, 6) is -1.92. The van der Waals surface area contributed by atoms with Crippen LogP contribution in [0, 0.1) is 11.8 Å². The Morgan fingerprint density at radius 3 is 0.855 bits per heavy atom. The Morgan fingerprint density at radius 2 is 0.601 bits per heavy atom. The van der Waals surface area contributed by atoms with Crippen LogP contribution in [0.1, 0.15) is 237 Å². The van der Waals surface area contributed by atoms with E-state index in [1.54, 1.807) is 66.9 Å². The Bertz CT molecular complexity index is 6140. The molecule has 6 unspecified atom stereocenters. The summed E-state index contributed by atoms with van der Waals surface area (Å²) in [7, 11) is 3.42. The third-order valence-corrected chi connectivity index (χ3v) is 35.3.